The Hall–Kier alpha value is -1.22. The molecule has 3 nitrogen and oxygen atoms in total. The molecule has 3 fully saturated rings. The minimum atomic E-state index is -0.666. The van der Waals surface area contributed by atoms with Gasteiger partial charge in [0.2, 0.25) is 0 Å². The number of hydrogen-bond donors (Lipinski definition) is 1. The zero-order valence-electron chi connectivity index (χ0n) is 9.50. The zero-order valence-corrected chi connectivity index (χ0v) is 10.3. The first kappa shape index (κ1) is 10.9. The van der Waals surface area contributed by atoms with Crippen molar-refractivity contribution in [1.29, 1.82) is 0 Å². The van der Waals surface area contributed by atoms with Crippen LogP contribution in [0.2, 0.25) is 5.02 Å². The fraction of sp³-hybridized carbons (Fsp3) is 0.462. The minimum Gasteiger partial charge on any atom is -0.496 e. The number of aliphatic carboxylic acids is 1. The van der Waals surface area contributed by atoms with E-state index in [2.05, 4.69) is 0 Å². The fourth-order valence-corrected chi connectivity index (χ4v) is 3.57. The maximum atomic E-state index is 11.1. The largest absolute Gasteiger partial charge is 0.496 e. The van der Waals surface area contributed by atoms with Crippen molar-refractivity contribution in [1.82, 2.24) is 0 Å². The van der Waals surface area contributed by atoms with Crippen molar-refractivity contribution in [2.75, 3.05) is 7.11 Å². The van der Waals surface area contributed by atoms with Crippen LogP contribution >= 0.6 is 11.6 Å². The third kappa shape index (κ3) is 1.26. The normalized spacial score (nSPS) is 33.5. The van der Waals surface area contributed by atoms with E-state index in [9.17, 15) is 4.79 Å². The van der Waals surface area contributed by atoms with E-state index in [0.717, 1.165) is 11.3 Å². The van der Waals surface area contributed by atoms with Crippen LogP contribution < -0.4 is 4.74 Å². The molecule has 0 aliphatic heterocycles. The minimum absolute atomic E-state index is 0.00532. The maximum Gasteiger partial charge on any atom is 0.309 e. The molecule has 3 aliphatic rings. The molecular weight excluding hydrogens is 240 g/mol. The van der Waals surface area contributed by atoms with Gasteiger partial charge in [-0.25, -0.2) is 0 Å². The summed E-state index contributed by atoms with van der Waals surface area (Å²) in [5.41, 5.74) is 0.595. The lowest BCUT2D eigenvalue weighted by Gasteiger charge is -2.68. The second-order valence-electron chi connectivity index (χ2n) is 5.24. The number of carboxylic acids is 1. The molecular formula is C13H13ClO3. The van der Waals surface area contributed by atoms with E-state index in [-0.39, 0.29) is 5.41 Å². The molecule has 4 rings (SSSR count). The van der Waals surface area contributed by atoms with Gasteiger partial charge in [0.05, 0.1) is 12.5 Å². The van der Waals surface area contributed by atoms with Crippen LogP contribution in [0.5, 0.6) is 5.75 Å². The fourth-order valence-electron chi connectivity index (χ4n) is 3.40. The molecule has 0 amide bonds. The van der Waals surface area contributed by atoms with Crippen LogP contribution in [0, 0.1) is 5.41 Å². The first-order chi connectivity index (χ1) is 8.01. The summed E-state index contributed by atoms with van der Waals surface area (Å²) in [6, 6.07) is 5.55. The summed E-state index contributed by atoms with van der Waals surface area (Å²) < 4.78 is 5.33. The summed E-state index contributed by atoms with van der Waals surface area (Å²) in [5.74, 6) is 0.147. The quantitative estimate of drug-likeness (QED) is 0.900. The van der Waals surface area contributed by atoms with E-state index >= 15 is 0 Å². The van der Waals surface area contributed by atoms with Gasteiger partial charge in [0, 0.05) is 16.0 Å². The van der Waals surface area contributed by atoms with E-state index in [0.29, 0.717) is 24.3 Å². The predicted octanol–water partition coefficient (Wildman–Crippen LogP) is 2.85. The number of ether oxygens (including phenoxy) is 1. The van der Waals surface area contributed by atoms with Crippen molar-refractivity contribution in [2.24, 2.45) is 5.41 Å². The highest BCUT2D eigenvalue weighted by Crippen LogP contribution is 2.74. The van der Waals surface area contributed by atoms with Crippen molar-refractivity contribution < 1.29 is 14.6 Å². The van der Waals surface area contributed by atoms with E-state index in [4.69, 9.17) is 21.4 Å². The second kappa shape index (κ2) is 3.16. The van der Waals surface area contributed by atoms with Crippen molar-refractivity contribution >= 4 is 17.6 Å². The van der Waals surface area contributed by atoms with Gasteiger partial charge < -0.3 is 9.84 Å². The standard InChI is InChI=1S/C13H13ClO3/c1-17-10-3-2-8(14)4-9(10)12-5-13(6-12,7-12)11(15)16/h2-4H,5-7H2,1H3,(H,15,16). The van der Waals surface area contributed by atoms with E-state index in [1.807, 2.05) is 12.1 Å². The van der Waals surface area contributed by atoms with Gasteiger partial charge in [0.25, 0.3) is 0 Å². The summed E-state index contributed by atoms with van der Waals surface area (Å²) in [5, 5.41) is 9.79. The van der Waals surface area contributed by atoms with Gasteiger partial charge >= 0.3 is 5.97 Å². The molecule has 0 radical (unpaired) electrons. The van der Waals surface area contributed by atoms with Gasteiger partial charge in [0.1, 0.15) is 5.75 Å². The molecule has 3 saturated carbocycles. The van der Waals surface area contributed by atoms with Crippen LogP contribution in [0.25, 0.3) is 0 Å². The van der Waals surface area contributed by atoms with Crippen LogP contribution in [0.1, 0.15) is 24.8 Å². The van der Waals surface area contributed by atoms with Gasteiger partial charge in [-0.1, -0.05) is 11.6 Å². The van der Waals surface area contributed by atoms with Gasteiger partial charge in [0.15, 0.2) is 0 Å². The molecule has 0 saturated heterocycles. The predicted molar refractivity (Wildman–Crippen MR) is 63.6 cm³/mol. The van der Waals surface area contributed by atoms with Crippen LogP contribution in [0.3, 0.4) is 0 Å². The summed E-state index contributed by atoms with van der Waals surface area (Å²) in [4.78, 5) is 11.1. The van der Waals surface area contributed by atoms with E-state index in [1.165, 1.54) is 0 Å². The third-order valence-corrected chi connectivity index (χ3v) is 4.45. The van der Waals surface area contributed by atoms with Crippen LogP contribution in [-0.4, -0.2) is 18.2 Å². The molecule has 3 aliphatic carbocycles. The number of carbonyl (C=O) groups is 1. The second-order valence-corrected chi connectivity index (χ2v) is 5.68. The molecule has 2 bridgehead atoms. The highest BCUT2D eigenvalue weighted by atomic mass is 35.5. The van der Waals surface area contributed by atoms with Crippen molar-refractivity contribution in [3.05, 3.63) is 28.8 Å². The molecule has 1 aromatic carbocycles. The lowest BCUT2D eigenvalue weighted by Crippen LogP contribution is -2.67. The van der Waals surface area contributed by atoms with E-state index in [1.54, 1.807) is 13.2 Å². The van der Waals surface area contributed by atoms with Gasteiger partial charge in [-0.3, -0.25) is 4.79 Å². The number of carboxylic acid groups (broad SMARTS) is 1. The van der Waals surface area contributed by atoms with Gasteiger partial charge in [-0.15, -0.1) is 0 Å². The lowest BCUT2D eigenvalue weighted by molar-refractivity contribution is -0.194. The summed E-state index contributed by atoms with van der Waals surface area (Å²) in [7, 11) is 1.63. The molecule has 0 heterocycles. The summed E-state index contributed by atoms with van der Waals surface area (Å²) in [6.07, 6.45) is 2.14. The topological polar surface area (TPSA) is 46.5 Å². The van der Waals surface area contributed by atoms with Crippen molar-refractivity contribution in [3.8, 4) is 5.75 Å². The van der Waals surface area contributed by atoms with Crippen molar-refractivity contribution in [2.45, 2.75) is 24.7 Å². The smallest absolute Gasteiger partial charge is 0.309 e. The summed E-state index contributed by atoms with van der Waals surface area (Å²) in [6.45, 7) is 0. The Morgan fingerprint density at radius 2 is 2.06 bits per heavy atom. The SMILES string of the molecule is COc1ccc(Cl)cc1C12CC(C(=O)O)(C1)C2. The monoisotopic (exact) mass is 252 g/mol. The number of hydrogen-bond acceptors (Lipinski definition) is 2. The molecule has 0 aromatic heterocycles. The molecule has 90 valence electrons. The average Bonchev–Trinajstić information content (AvgIpc) is 2.13. The Kier molecular flexibility index (Phi) is 2.03. The lowest BCUT2D eigenvalue weighted by atomic mass is 9.33. The Morgan fingerprint density at radius 1 is 1.41 bits per heavy atom. The zero-order chi connectivity index (χ0) is 12.3. The Bertz CT molecular complexity index is 490. The number of rotatable bonds is 3. The number of benzene rings is 1. The highest BCUT2D eigenvalue weighted by molar-refractivity contribution is 6.30. The van der Waals surface area contributed by atoms with Crippen LogP contribution in [-0.2, 0) is 10.2 Å². The van der Waals surface area contributed by atoms with Crippen LogP contribution in [0.4, 0.5) is 0 Å². The first-order valence-electron chi connectivity index (χ1n) is 5.59. The Labute approximate surface area is 104 Å². The average molecular weight is 253 g/mol. The molecule has 17 heavy (non-hydrogen) atoms. The van der Waals surface area contributed by atoms with E-state index < -0.39 is 11.4 Å². The summed E-state index contributed by atoms with van der Waals surface area (Å²) >= 11 is 6.00. The number of methoxy groups -OCH3 is 1. The molecule has 0 unspecified atom stereocenters. The Morgan fingerprint density at radius 3 is 2.59 bits per heavy atom. The third-order valence-electron chi connectivity index (χ3n) is 4.22. The molecule has 1 aromatic rings. The number of halogens is 1. The molecule has 1 N–H and O–H groups in total. The maximum absolute atomic E-state index is 11.1. The van der Waals surface area contributed by atoms with Crippen molar-refractivity contribution in [3.63, 3.8) is 0 Å². The molecule has 4 heteroatoms. The van der Waals surface area contributed by atoms with Crippen LogP contribution in [0.15, 0.2) is 18.2 Å². The molecule has 0 spiro atoms. The van der Waals surface area contributed by atoms with Gasteiger partial charge in [-0.2, -0.15) is 0 Å². The highest BCUT2D eigenvalue weighted by Gasteiger charge is 2.72. The molecule has 0 atom stereocenters. The van der Waals surface area contributed by atoms with Gasteiger partial charge in [-0.05, 0) is 37.5 Å². The Balaban J connectivity index is 1.93. The first-order valence-corrected chi connectivity index (χ1v) is 5.97.